The number of carboxylic acids is 1. The summed E-state index contributed by atoms with van der Waals surface area (Å²) < 4.78 is 31.9. The van der Waals surface area contributed by atoms with Crippen molar-refractivity contribution in [2.24, 2.45) is 0 Å². The lowest BCUT2D eigenvalue weighted by Crippen LogP contribution is -2.47. The minimum absolute atomic E-state index is 0.0153. The number of aryl methyl sites for hydroxylation is 1. The largest absolute Gasteiger partial charge is 0.477 e. The Hall–Kier alpha value is -1.42. The fraction of sp³-hybridized carbons (Fsp3) is 0.583. The second kappa shape index (κ2) is 5.76. The zero-order valence-electron chi connectivity index (χ0n) is 11.8. The number of sulfonamides is 1. The van der Waals surface area contributed by atoms with Gasteiger partial charge >= 0.3 is 5.97 Å². The van der Waals surface area contributed by atoms with E-state index in [1.54, 1.807) is 0 Å². The number of aromatic carboxylic acids is 1. The molecule has 1 fully saturated rings. The topological polar surface area (TPSA) is 120 Å². The average molecular weight is 318 g/mol. The van der Waals surface area contributed by atoms with E-state index in [1.165, 1.54) is 18.2 Å². The van der Waals surface area contributed by atoms with Crippen molar-refractivity contribution in [1.29, 1.82) is 0 Å². The summed E-state index contributed by atoms with van der Waals surface area (Å²) in [4.78, 5) is 13.7. The third kappa shape index (κ3) is 2.82. The number of aliphatic hydroxyl groups excluding tert-OH is 1. The third-order valence-corrected chi connectivity index (χ3v) is 5.63. The molecule has 21 heavy (non-hydrogen) atoms. The molecule has 0 saturated carbocycles. The molecule has 0 aliphatic carbocycles. The van der Waals surface area contributed by atoms with Crippen LogP contribution in [0.5, 0.6) is 0 Å². The first-order valence-corrected chi connectivity index (χ1v) is 7.88. The third-order valence-electron chi connectivity index (χ3n) is 3.49. The molecular formula is C12H18N2O6S. The first-order chi connectivity index (χ1) is 9.78. The highest BCUT2D eigenvalue weighted by molar-refractivity contribution is 7.89. The van der Waals surface area contributed by atoms with E-state index in [0.29, 0.717) is 0 Å². The van der Waals surface area contributed by atoms with Crippen molar-refractivity contribution in [3.8, 4) is 0 Å². The van der Waals surface area contributed by atoms with Crippen LogP contribution in [0.4, 0.5) is 0 Å². The van der Waals surface area contributed by atoms with Crippen molar-refractivity contribution in [3.05, 3.63) is 17.0 Å². The number of nitrogens with one attached hydrogen (secondary N) is 1. The number of ether oxygens (including phenoxy) is 1. The molecule has 3 N–H and O–H groups in total. The SMILES string of the molecule is Cc1[nH]c(C(=O)O)c(C)c1S(=O)(=O)N1CCOC(CO)C1. The molecule has 2 heterocycles. The first kappa shape index (κ1) is 16.0. The summed E-state index contributed by atoms with van der Waals surface area (Å²) >= 11 is 0. The quantitative estimate of drug-likeness (QED) is 0.702. The Morgan fingerprint density at radius 1 is 1.48 bits per heavy atom. The number of morpholine rings is 1. The smallest absolute Gasteiger partial charge is 0.352 e. The van der Waals surface area contributed by atoms with Gasteiger partial charge in [0.25, 0.3) is 0 Å². The number of aromatic nitrogens is 1. The zero-order chi connectivity index (χ0) is 15.8. The number of hydrogen-bond donors (Lipinski definition) is 3. The van der Waals surface area contributed by atoms with Crippen LogP contribution >= 0.6 is 0 Å². The molecule has 0 spiro atoms. The number of hydrogen-bond acceptors (Lipinski definition) is 5. The minimum Gasteiger partial charge on any atom is -0.477 e. The monoisotopic (exact) mass is 318 g/mol. The highest BCUT2D eigenvalue weighted by atomic mass is 32.2. The molecule has 0 amide bonds. The number of rotatable bonds is 4. The molecule has 8 nitrogen and oxygen atoms in total. The van der Waals surface area contributed by atoms with Crippen LogP contribution in [-0.2, 0) is 14.8 Å². The molecule has 9 heteroatoms. The number of aromatic amines is 1. The van der Waals surface area contributed by atoms with Gasteiger partial charge in [0.15, 0.2) is 0 Å². The number of carboxylic acid groups (broad SMARTS) is 1. The fourth-order valence-electron chi connectivity index (χ4n) is 2.48. The predicted octanol–water partition coefficient (Wildman–Crippen LogP) is -0.288. The summed E-state index contributed by atoms with van der Waals surface area (Å²) in [5.74, 6) is -1.20. The van der Waals surface area contributed by atoms with Gasteiger partial charge in [0.1, 0.15) is 10.6 Å². The minimum atomic E-state index is -3.83. The first-order valence-electron chi connectivity index (χ1n) is 6.44. The van der Waals surface area contributed by atoms with Gasteiger partial charge in [0, 0.05) is 24.3 Å². The molecule has 2 rings (SSSR count). The van der Waals surface area contributed by atoms with Crippen LogP contribution in [0.1, 0.15) is 21.7 Å². The van der Waals surface area contributed by atoms with Gasteiger partial charge in [0.05, 0.1) is 19.3 Å². The molecule has 1 atom stereocenters. The summed E-state index contributed by atoms with van der Waals surface area (Å²) in [6.45, 7) is 3.13. The van der Waals surface area contributed by atoms with Gasteiger partial charge in [-0.3, -0.25) is 0 Å². The predicted molar refractivity (Wildman–Crippen MR) is 72.8 cm³/mol. The normalized spacial score (nSPS) is 20.6. The molecule has 0 radical (unpaired) electrons. The highest BCUT2D eigenvalue weighted by Crippen LogP contribution is 2.27. The summed E-state index contributed by atoms with van der Waals surface area (Å²) in [6.07, 6.45) is -0.563. The molecule has 1 saturated heterocycles. The summed E-state index contributed by atoms with van der Waals surface area (Å²) in [6, 6.07) is 0. The van der Waals surface area contributed by atoms with Gasteiger partial charge in [-0.05, 0) is 13.8 Å². The van der Waals surface area contributed by atoms with Gasteiger partial charge in [-0.2, -0.15) is 4.31 Å². The second-order valence-electron chi connectivity index (χ2n) is 4.92. The van der Waals surface area contributed by atoms with E-state index in [0.717, 1.165) is 0 Å². The highest BCUT2D eigenvalue weighted by Gasteiger charge is 2.34. The Kier molecular flexibility index (Phi) is 4.38. The van der Waals surface area contributed by atoms with Gasteiger partial charge in [-0.25, -0.2) is 13.2 Å². The molecule has 1 aromatic rings. The molecular weight excluding hydrogens is 300 g/mol. The summed E-state index contributed by atoms with van der Waals surface area (Å²) in [5, 5.41) is 18.2. The van der Waals surface area contributed by atoms with E-state index in [9.17, 15) is 13.2 Å². The van der Waals surface area contributed by atoms with Gasteiger partial charge in [-0.1, -0.05) is 0 Å². The molecule has 1 aromatic heterocycles. The lowest BCUT2D eigenvalue weighted by Gasteiger charge is -2.31. The van der Waals surface area contributed by atoms with Crippen LogP contribution in [0.25, 0.3) is 0 Å². The number of nitrogens with zero attached hydrogens (tertiary/aromatic N) is 1. The fourth-order valence-corrected chi connectivity index (χ4v) is 4.35. The van der Waals surface area contributed by atoms with Crippen molar-refractivity contribution in [3.63, 3.8) is 0 Å². The number of H-pyrrole nitrogens is 1. The Balaban J connectivity index is 2.42. The molecule has 0 aromatic carbocycles. The average Bonchev–Trinajstić information content (AvgIpc) is 2.74. The van der Waals surface area contributed by atoms with E-state index in [4.69, 9.17) is 14.9 Å². The van der Waals surface area contributed by atoms with Crippen LogP contribution in [0.2, 0.25) is 0 Å². The maximum absolute atomic E-state index is 12.7. The van der Waals surface area contributed by atoms with Gasteiger partial charge < -0.3 is 19.9 Å². The van der Waals surface area contributed by atoms with Crippen molar-refractivity contribution < 1.29 is 28.2 Å². The van der Waals surface area contributed by atoms with Crippen molar-refractivity contribution in [1.82, 2.24) is 9.29 Å². The van der Waals surface area contributed by atoms with E-state index >= 15 is 0 Å². The Morgan fingerprint density at radius 2 is 2.14 bits per heavy atom. The van der Waals surface area contributed by atoms with Gasteiger partial charge in [0.2, 0.25) is 10.0 Å². The van der Waals surface area contributed by atoms with Crippen molar-refractivity contribution >= 4 is 16.0 Å². The number of carbonyl (C=O) groups is 1. The number of aliphatic hydroxyl groups is 1. The van der Waals surface area contributed by atoms with Crippen LogP contribution in [0.15, 0.2) is 4.90 Å². The van der Waals surface area contributed by atoms with Gasteiger partial charge in [-0.15, -0.1) is 0 Å². The standard InChI is InChI=1S/C12H18N2O6S/c1-7-10(12(16)17)13-8(2)11(7)21(18,19)14-3-4-20-9(5-14)6-15/h9,13,15H,3-6H2,1-2H3,(H,16,17). The van der Waals surface area contributed by atoms with E-state index < -0.39 is 22.1 Å². The molecule has 1 aliphatic rings. The maximum Gasteiger partial charge on any atom is 0.352 e. The van der Waals surface area contributed by atoms with E-state index in [-0.39, 0.29) is 48.2 Å². The maximum atomic E-state index is 12.7. The Labute approximate surface area is 122 Å². The van der Waals surface area contributed by atoms with Crippen molar-refractivity contribution in [2.75, 3.05) is 26.3 Å². The molecule has 1 aliphatic heterocycles. The van der Waals surface area contributed by atoms with Crippen molar-refractivity contribution in [2.45, 2.75) is 24.8 Å². The van der Waals surface area contributed by atoms with Crippen LogP contribution < -0.4 is 0 Å². The summed E-state index contributed by atoms with van der Waals surface area (Å²) in [7, 11) is -3.83. The molecule has 0 bridgehead atoms. The van der Waals surface area contributed by atoms with Crippen LogP contribution in [-0.4, -0.2) is 66.3 Å². The lowest BCUT2D eigenvalue weighted by atomic mass is 10.2. The Bertz CT molecular complexity index is 651. The second-order valence-corrected chi connectivity index (χ2v) is 6.80. The summed E-state index contributed by atoms with van der Waals surface area (Å²) in [5.41, 5.74) is 0.349. The lowest BCUT2D eigenvalue weighted by molar-refractivity contribution is -0.0304. The Morgan fingerprint density at radius 3 is 2.67 bits per heavy atom. The van der Waals surface area contributed by atoms with E-state index in [2.05, 4.69) is 4.98 Å². The molecule has 1 unspecified atom stereocenters. The molecule has 118 valence electrons. The zero-order valence-corrected chi connectivity index (χ0v) is 12.6. The van der Waals surface area contributed by atoms with Crippen LogP contribution in [0, 0.1) is 13.8 Å². The van der Waals surface area contributed by atoms with Crippen LogP contribution in [0.3, 0.4) is 0 Å². The van der Waals surface area contributed by atoms with E-state index in [1.807, 2.05) is 0 Å².